The predicted octanol–water partition coefficient (Wildman–Crippen LogP) is 8.41. The van der Waals surface area contributed by atoms with Gasteiger partial charge in [0, 0.05) is 38.6 Å². The molecule has 6 aromatic rings. The van der Waals surface area contributed by atoms with Crippen molar-refractivity contribution < 1.29 is 46.0 Å². The van der Waals surface area contributed by atoms with Crippen LogP contribution in [0, 0.1) is 0 Å². The molecule has 0 saturated carbocycles. The van der Waals surface area contributed by atoms with Crippen molar-refractivity contribution in [3.05, 3.63) is 177 Å². The molecule has 0 aliphatic rings. The Morgan fingerprint density at radius 2 is 0.697 bits per heavy atom. The molecule has 4 atom stereocenters. The van der Waals surface area contributed by atoms with E-state index in [9.17, 15) is 27.0 Å². The zero-order valence-corrected chi connectivity index (χ0v) is 40.5. The number of methoxy groups -OCH3 is 4. The Labute approximate surface area is 397 Å². The number of halogens is 2. The Morgan fingerprint density at radius 3 is 0.894 bits per heavy atom. The summed E-state index contributed by atoms with van der Waals surface area (Å²) in [5.41, 5.74) is 3.64. The fourth-order valence-corrected chi connectivity index (χ4v) is 10.0. The van der Waals surface area contributed by atoms with Gasteiger partial charge in [0.25, 0.3) is 0 Å². The highest BCUT2D eigenvalue weighted by molar-refractivity contribution is 7.90. The molecule has 0 bridgehead atoms. The summed E-state index contributed by atoms with van der Waals surface area (Å²) in [4.78, 5) is 8.17. The molecule has 6 rings (SSSR count). The van der Waals surface area contributed by atoms with Crippen LogP contribution in [-0.4, -0.2) is 84.6 Å². The van der Waals surface area contributed by atoms with E-state index in [2.05, 4.69) is 9.97 Å². The second-order valence-corrected chi connectivity index (χ2v) is 20.6. The van der Waals surface area contributed by atoms with Crippen LogP contribution in [0.25, 0.3) is 0 Å². The predicted molar refractivity (Wildman–Crippen MR) is 256 cm³/mol. The van der Waals surface area contributed by atoms with Gasteiger partial charge < -0.3 is 29.2 Å². The maximum absolute atomic E-state index is 13.6. The van der Waals surface area contributed by atoms with Crippen LogP contribution < -0.4 is 18.9 Å². The highest BCUT2D eigenvalue weighted by Gasteiger charge is 2.37. The molecule has 4 aromatic carbocycles. The van der Waals surface area contributed by atoms with Crippen LogP contribution in [0.1, 0.15) is 59.7 Å². The maximum Gasteiger partial charge on any atom is 0.220 e. The smallest absolute Gasteiger partial charge is 0.220 e. The Morgan fingerprint density at radius 1 is 0.455 bits per heavy atom. The highest BCUT2D eigenvalue weighted by Crippen LogP contribution is 2.29. The molecule has 66 heavy (non-hydrogen) atoms. The van der Waals surface area contributed by atoms with E-state index in [1.807, 2.05) is 48.5 Å². The lowest BCUT2D eigenvalue weighted by Crippen LogP contribution is -2.39. The topological polar surface area (TPSA) is 178 Å². The van der Waals surface area contributed by atoms with Gasteiger partial charge in [-0.1, -0.05) is 71.7 Å². The standard InChI is InChI=1S/2C24H27ClN2O5S/c2*1-17(24(28)23-13-8-20(25)14-26-23)33(29,30)27(15-18-4-9-21(31-2)10-5-18)16-19-6-11-22(32-3)12-7-19/h2*4-14,17,24,28H,15-16H2,1-3H3/t2*17-,24+/m10/s1. The first kappa shape index (κ1) is 51.7. The van der Waals surface area contributed by atoms with Crippen molar-refractivity contribution in [1.82, 2.24) is 18.6 Å². The van der Waals surface area contributed by atoms with Crippen molar-refractivity contribution in [2.45, 2.75) is 62.7 Å². The van der Waals surface area contributed by atoms with Gasteiger partial charge in [-0.05, 0) is 109 Å². The number of nitrogens with zero attached hydrogens (tertiary/aromatic N) is 4. The Bertz CT molecular complexity index is 2360. The number of benzene rings is 4. The van der Waals surface area contributed by atoms with Crippen LogP contribution in [0.15, 0.2) is 134 Å². The number of rotatable bonds is 20. The van der Waals surface area contributed by atoms with Gasteiger partial charge >= 0.3 is 0 Å². The zero-order chi connectivity index (χ0) is 48.0. The SMILES string of the molecule is COc1ccc(CN(Cc2ccc(OC)cc2)S(=O)(=O)[C@@H](C)[C@@H](O)c2ccc(Cl)cn2)cc1.COc1ccc(CN(Cc2ccc(OC)cc2)S(=O)(=O)[C@H](C)[C@H](O)c2ccc(Cl)cn2)cc1. The van der Waals surface area contributed by atoms with Crippen molar-refractivity contribution in [2.24, 2.45) is 0 Å². The normalized spacial score (nSPS) is 13.5. The van der Waals surface area contributed by atoms with E-state index in [1.54, 1.807) is 89.1 Å². The highest BCUT2D eigenvalue weighted by atomic mass is 35.5. The first-order valence-corrected chi connectivity index (χ1v) is 24.3. The van der Waals surface area contributed by atoms with Crippen molar-refractivity contribution in [3.8, 4) is 23.0 Å². The zero-order valence-electron chi connectivity index (χ0n) is 37.4. The van der Waals surface area contributed by atoms with Crippen molar-refractivity contribution in [3.63, 3.8) is 0 Å². The lowest BCUT2D eigenvalue weighted by molar-refractivity contribution is 0.167. The van der Waals surface area contributed by atoms with E-state index in [4.69, 9.17) is 42.1 Å². The van der Waals surface area contributed by atoms with Crippen LogP contribution in [-0.2, 0) is 46.2 Å². The molecule has 0 unspecified atom stereocenters. The quantitative estimate of drug-likeness (QED) is 0.0748. The van der Waals surface area contributed by atoms with Crippen LogP contribution >= 0.6 is 23.2 Å². The number of aliphatic hydroxyl groups excluding tert-OH is 2. The van der Waals surface area contributed by atoms with E-state index in [0.29, 0.717) is 33.0 Å². The number of ether oxygens (including phenoxy) is 4. The van der Waals surface area contributed by atoms with E-state index in [-0.39, 0.29) is 37.6 Å². The lowest BCUT2D eigenvalue weighted by atomic mass is 10.2. The molecule has 0 amide bonds. The fourth-order valence-electron chi connectivity index (χ4n) is 6.61. The van der Waals surface area contributed by atoms with Crippen LogP contribution in [0.2, 0.25) is 10.0 Å². The van der Waals surface area contributed by atoms with Gasteiger partial charge in [-0.2, -0.15) is 8.61 Å². The molecular formula is C48H54Cl2N4O10S2. The fraction of sp³-hybridized carbons (Fsp3) is 0.292. The molecule has 0 spiro atoms. The maximum atomic E-state index is 13.6. The number of pyridine rings is 2. The molecule has 18 heteroatoms. The molecule has 0 saturated heterocycles. The van der Waals surface area contributed by atoms with Gasteiger partial charge in [0.15, 0.2) is 0 Å². The molecule has 352 valence electrons. The van der Waals surface area contributed by atoms with Crippen molar-refractivity contribution >= 4 is 43.2 Å². The van der Waals surface area contributed by atoms with Crippen LogP contribution in [0.5, 0.6) is 23.0 Å². The molecule has 0 aliphatic heterocycles. The third-order valence-electron chi connectivity index (χ3n) is 10.7. The van der Waals surface area contributed by atoms with E-state index < -0.39 is 42.8 Å². The third-order valence-corrected chi connectivity index (χ3v) is 15.5. The Balaban J connectivity index is 0.000000247. The summed E-state index contributed by atoms with van der Waals surface area (Å²) >= 11 is 11.7. The largest absolute Gasteiger partial charge is 0.497 e. The number of hydrogen-bond donors (Lipinski definition) is 2. The average Bonchev–Trinajstić information content (AvgIpc) is 3.34. The monoisotopic (exact) mass is 980 g/mol. The Kier molecular flexibility index (Phi) is 18.7. The Hall–Kier alpha value is -5.30. The summed E-state index contributed by atoms with van der Waals surface area (Å²) in [5.74, 6) is 2.73. The van der Waals surface area contributed by atoms with Gasteiger partial charge in [0.2, 0.25) is 20.0 Å². The molecule has 14 nitrogen and oxygen atoms in total. The average molecular weight is 982 g/mol. The minimum atomic E-state index is -3.94. The minimum absolute atomic E-state index is 0.128. The van der Waals surface area contributed by atoms with E-state index >= 15 is 0 Å². The number of hydrogen-bond acceptors (Lipinski definition) is 12. The summed E-state index contributed by atoms with van der Waals surface area (Å²) in [6, 6.07) is 35.0. The molecule has 2 heterocycles. The molecule has 2 N–H and O–H groups in total. The summed E-state index contributed by atoms with van der Waals surface area (Å²) in [6.07, 6.45) is 0.126. The summed E-state index contributed by atoms with van der Waals surface area (Å²) in [7, 11) is -1.59. The molecule has 0 radical (unpaired) electrons. The van der Waals surface area contributed by atoms with Gasteiger partial charge in [0.05, 0.1) is 49.9 Å². The molecule has 0 aliphatic carbocycles. The van der Waals surface area contributed by atoms with Crippen molar-refractivity contribution in [2.75, 3.05) is 28.4 Å². The molecular weight excluding hydrogens is 928 g/mol. The first-order chi connectivity index (χ1) is 31.5. The van der Waals surface area contributed by atoms with E-state index in [1.165, 1.54) is 47.0 Å². The number of sulfonamides is 2. The second kappa shape index (κ2) is 23.9. The number of aliphatic hydroxyl groups is 2. The summed E-state index contributed by atoms with van der Waals surface area (Å²) in [5, 5.41) is 20.1. The van der Waals surface area contributed by atoms with Crippen LogP contribution in [0.3, 0.4) is 0 Å². The second-order valence-electron chi connectivity index (χ2n) is 15.1. The van der Waals surface area contributed by atoms with Crippen molar-refractivity contribution in [1.29, 1.82) is 0 Å². The molecule has 0 fully saturated rings. The van der Waals surface area contributed by atoms with Gasteiger partial charge in [-0.25, -0.2) is 16.8 Å². The van der Waals surface area contributed by atoms with Gasteiger partial charge in [0.1, 0.15) is 45.7 Å². The molecule has 2 aromatic heterocycles. The van der Waals surface area contributed by atoms with E-state index in [0.717, 1.165) is 22.3 Å². The minimum Gasteiger partial charge on any atom is -0.497 e. The van der Waals surface area contributed by atoms with Crippen LogP contribution in [0.4, 0.5) is 0 Å². The lowest BCUT2D eigenvalue weighted by Gasteiger charge is -2.28. The summed E-state index contributed by atoms with van der Waals surface area (Å²) in [6.45, 7) is 3.47. The van der Waals surface area contributed by atoms with Gasteiger partial charge in [-0.15, -0.1) is 0 Å². The first-order valence-electron chi connectivity index (χ1n) is 20.6. The summed E-state index contributed by atoms with van der Waals surface area (Å²) < 4.78 is 78.0. The third kappa shape index (κ3) is 13.9. The number of aromatic nitrogens is 2. The van der Waals surface area contributed by atoms with Gasteiger partial charge in [-0.3, -0.25) is 9.97 Å².